The minimum absolute atomic E-state index is 0.287. The van der Waals surface area contributed by atoms with Crippen molar-refractivity contribution in [2.24, 2.45) is 17.3 Å². The summed E-state index contributed by atoms with van der Waals surface area (Å²) >= 11 is 0. The Kier molecular flexibility index (Phi) is 3.18. The molecule has 0 amide bonds. The van der Waals surface area contributed by atoms with Gasteiger partial charge in [-0.15, -0.1) is 0 Å². The van der Waals surface area contributed by atoms with Gasteiger partial charge in [0.25, 0.3) is 0 Å². The molecule has 15 heavy (non-hydrogen) atoms. The summed E-state index contributed by atoms with van der Waals surface area (Å²) in [5.41, 5.74) is 0.287. The zero-order chi connectivity index (χ0) is 10.9. The molecular formula is C14H24O. The average Bonchev–Trinajstić information content (AvgIpc) is 2.73. The molecule has 2 aliphatic rings. The molecule has 0 aromatic carbocycles. The summed E-state index contributed by atoms with van der Waals surface area (Å²) in [7, 11) is 0. The van der Waals surface area contributed by atoms with Gasteiger partial charge >= 0.3 is 0 Å². The van der Waals surface area contributed by atoms with Crippen molar-refractivity contribution >= 4 is 5.78 Å². The minimum atomic E-state index is 0.287. The summed E-state index contributed by atoms with van der Waals surface area (Å²) in [6, 6.07) is 0. The van der Waals surface area contributed by atoms with Crippen LogP contribution in [0.15, 0.2) is 0 Å². The van der Waals surface area contributed by atoms with Crippen LogP contribution in [0.3, 0.4) is 0 Å². The Morgan fingerprint density at radius 3 is 2.33 bits per heavy atom. The van der Waals surface area contributed by atoms with Crippen molar-refractivity contribution in [2.75, 3.05) is 0 Å². The standard InChI is InChI=1S/C14H24O/c1-14(2)9-5-8-12(14)13(15)10-11-6-3-4-7-11/h11-12H,3-10H2,1-2H3. The molecule has 0 aromatic heterocycles. The molecule has 0 radical (unpaired) electrons. The molecule has 1 atom stereocenters. The first-order valence-electron chi connectivity index (χ1n) is 6.62. The first-order valence-corrected chi connectivity index (χ1v) is 6.62. The molecule has 1 unspecified atom stereocenters. The molecule has 0 N–H and O–H groups in total. The largest absolute Gasteiger partial charge is 0.299 e. The van der Waals surface area contributed by atoms with E-state index in [1.54, 1.807) is 0 Å². The summed E-state index contributed by atoms with van der Waals surface area (Å²) in [5, 5.41) is 0. The zero-order valence-corrected chi connectivity index (χ0v) is 10.2. The molecule has 2 rings (SSSR count). The summed E-state index contributed by atoms with van der Waals surface area (Å²) in [4.78, 5) is 12.2. The van der Waals surface area contributed by atoms with Gasteiger partial charge in [0, 0.05) is 12.3 Å². The van der Waals surface area contributed by atoms with Crippen molar-refractivity contribution in [1.82, 2.24) is 0 Å². The Bertz CT molecular complexity index is 236. The number of Topliss-reactive ketones (excluding diaryl/α,β-unsaturated/α-hetero) is 1. The number of hydrogen-bond donors (Lipinski definition) is 0. The van der Waals surface area contributed by atoms with Crippen LogP contribution in [0, 0.1) is 17.3 Å². The van der Waals surface area contributed by atoms with Crippen LogP contribution in [0.1, 0.15) is 65.2 Å². The highest BCUT2D eigenvalue weighted by atomic mass is 16.1. The second-order valence-electron chi connectivity index (χ2n) is 6.25. The molecule has 0 heterocycles. The van der Waals surface area contributed by atoms with E-state index in [4.69, 9.17) is 0 Å². The summed E-state index contributed by atoms with van der Waals surface area (Å²) < 4.78 is 0. The van der Waals surface area contributed by atoms with Crippen LogP contribution in [-0.4, -0.2) is 5.78 Å². The molecule has 1 nitrogen and oxygen atoms in total. The van der Waals surface area contributed by atoms with E-state index in [0.29, 0.717) is 11.7 Å². The van der Waals surface area contributed by atoms with Crippen molar-refractivity contribution in [1.29, 1.82) is 0 Å². The van der Waals surface area contributed by atoms with Gasteiger partial charge in [0.15, 0.2) is 0 Å². The second-order valence-corrected chi connectivity index (χ2v) is 6.25. The molecule has 86 valence electrons. The molecule has 2 aliphatic carbocycles. The zero-order valence-electron chi connectivity index (χ0n) is 10.2. The lowest BCUT2D eigenvalue weighted by Gasteiger charge is -2.26. The maximum absolute atomic E-state index is 12.2. The third-order valence-electron chi connectivity index (χ3n) is 4.61. The molecule has 0 aromatic rings. The number of rotatable bonds is 3. The molecule has 0 aliphatic heterocycles. The molecule has 0 bridgehead atoms. The highest BCUT2D eigenvalue weighted by molar-refractivity contribution is 5.82. The van der Waals surface area contributed by atoms with Crippen LogP contribution in [0.2, 0.25) is 0 Å². The van der Waals surface area contributed by atoms with E-state index in [1.165, 1.54) is 38.5 Å². The van der Waals surface area contributed by atoms with Crippen LogP contribution < -0.4 is 0 Å². The fourth-order valence-electron chi connectivity index (χ4n) is 3.56. The first-order chi connectivity index (χ1) is 7.09. The Morgan fingerprint density at radius 1 is 1.13 bits per heavy atom. The smallest absolute Gasteiger partial charge is 0.136 e. The monoisotopic (exact) mass is 208 g/mol. The quantitative estimate of drug-likeness (QED) is 0.686. The maximum atomic E-state index is 12.2. The highest BCUT2D eigenvalue weighted by Gasteiger charge is 2.39. The summed E-state index contributed by atoms with van der Waals surface area (Å²) in [6.45, 7) is 4.55. The van der Waals surface area contributed by atoms with E-state index < -0.39 is 0 Å². The normalized spacial score (nSPS) is 30.9. The van der Waals surface area contributed by atoms with E-state index in [0.717, 1.165) is 18.8 Å². The van der Waals surface area contributed by atoms with E-state index >= 15 is 0 Å². The Hall–Kier alpha value is -0.330. The van der Waals surface area contributed by atoms with Gasteiger partial charge in [-0.05, 0) is 24.2 Å². The molecule has 2 fully saturated rings. The van der Waals surface area contributed by atoms with Crippen LogP contribution in [0.25, 0.3) is 0 Å². The van der Waals surface area contributed by atoms with Gasteiger partial charge in [-0.3, -0.25) is 4.79 Å². The fourth-order valence-corrected chi connectivity index (χ4v) is 3.56. The molecular weight excluding hydrogens is 184 g/mol. The van der Waals surface area contributed by atoms with Gasteiger partial charge in [-0.25, -0.2) is 0 Å². The van der Waals surface area contributed by atoms with Gasteiger partial charge in [-0.1, -0.05) is 46.0 Å². The predicted octanol–water partition coefficient (Wildman–Crippen LogP) is 3.96. The summed E-state index contributed by atoms with van der Waals surface area (Å²) in [5.74, 6) is 1.68. The second kappa shape index (κ2) is 4.27. The van der Waals surface area contributed by atoms with Crippen LogP contribution in [0.5, 0.6) is 0 Å². The van der Waals surface area contributed by atoms with Crippen LogP contribution >= 0.6 is 0 Å². The van der Waals surface area contributed by atoms with Gasteiger partial charge in [0.05, 0.1) is 0 Å². The van der Waals surface area contributed by atoms with Crippen LogP contribution in [0.4, 0.5) is 0 Å². The topological polar surface area (TPSA) is 17.1 Å². The van der Waals surface area contributed by atoms with E-state index in [1.807, 2.05) is 0 Å². The van der Waals surface area contributed by atoms with E-state index in [2.05, 4.69) is 13.8 Å². The lowest BCUT2D eigenvalue weighted by molar-refractivity contribution is -0.126. The van der Waals surface area contributed by atoms with Crippen LogP contribution in [-0.2, 0) is 4.79 Å². The van der Waals surface area contributed by atoms with Gasteiger partial charge in [-0.2, -0.15) is 0 Å². The minimum Gasteiger partial charge on any atom is -0.299 e. The van der Waals surface area contributed by atoms with Crippen molar-refractivity contribution in [3.05, 3.63) is 0 Å². The lowest BCUT2D eigenvalue weighted by atomic mass is 9.77. The Balaban J connectivity index is 1.89. The Labute approximate surface area is 93.6 Å². The van der Waals surface area contributed by atoms with Gasteiger partial charge < -0.3 is 0 Å². The number of ketones is 1. The average molecular weight is 208 g/mol. The molecule has 0 spiro atoms. The third-order valence-corrected chi connectivity index (χ3v) is 4.61. The summed E-state index contributed by atoms with van der Waals surface area (Å²) in [6.07, 6.45) is 9.85. The molecule has 0 saturated heterocycles. The lowest BCUT2D eigenvalue weighted by Crippen LogP contribution is -2.26. The van der Waals surface area contributed by atoms with E-state index in [-0.39, 0.29) is 5.41 Å². The predicted molar refractivity (Wildman–Crippen MR) is 62.7 cm³/mol. The SMILES string of the molecule is CC1(C)CCCC1C(=O)CC1CCCC1. The van der Waals surface area contributed by atoms with Crippen molar-refractivity contribution in [3.8, 4) is 0 Å². The van der Waals surface area contributed by atoms with Crippen molar-refractivity contribution in [2.45, 2.75) is 65.2 Å². The molecule has 2 saturated carbocycles. The highest BCUT2D eigenvalue weighted by Crippen LogP contribution is 2.44. The van der Waals surface area contributed by atoms with Gasteiger partial charge in [0.1, 0.15) is 5.78 Å². The first kappa shape index (κ1) is 11.2. The maximum Gasteiger partial charge on any atom is 0.136 e. The van der Waals surface area contributed by atoms with E-state index in [9.17, 15) is 4.79 Å². The molecule has 1 heteroatoms. The van der Waals surface area contributed by atoms with Crippen molar-refractivity contribution < 1.29 is 4.79 Å². The number of hydrogen-bond acceptors (Lipinski definition) is 1. The van der Waals surface area contributed by atoms with Crippen molar-refractivity contribution in [3.63, 3.8) is 0 Å². The third kappa shape index (κ3) is 2.43. The fraction of sp³-hybridized carbons (Fsp3) is 0.929. The number of carbonyl (C=O) groups is 1. The van der Waals surface area contributed by atoms with Gasteiger partial charge in [0.2, 0.25) is 0 Å². The Morgan fingerprint density at radius 2 is 1.80 bits per heavy atom. The number of carbonyl (C=O) groups excluding carboxylic acids is 1.